The Morgan fingerprint density at radius 1 is 0.935 bits per heavy atom. The van der Waals surface area contributed by atoms with Gasteiger partial charge in [0, 0.05) is 12.2 Å². The number of carbonyl (C=O) groups is 5. The highest BCUT2D eigenvalue weighted by Crippen LogP contribution is 2.11. The lowest BCUT2D eigenvalue weighted by atomic mass is 9.96. The maximum atomic E-state index is 12.9. The SMILES string of the molecule is CCC(C)C(NC(=O)C(N)C(C)C)C(=O)NC(CCC(N)=O)C(=O)NC(CS)C(=O)O. The van der Waals surface area contributed by atoms with E-state index in [9.17, 15) is 24.0 Å². The van der Waals surface area contributed by atoms with E-state index in [-0.39, 0.29) is 30.4 Å². The zero-order valence-corrected chi connectivity index (χ0v) is 19.3. The highest BCUT2D eigenvalue weighted by Gasteiger charge is 2.32. The van der Waals surface area contributed by atoms with Crippen LogP contribution in [0.3, 0.4) is 0 Å². The maximum Gasteiger partial charge on any atom is 0.327 e. The molecule has 4 amide bonds. The molecule has 0 saturated carbocycles. The minimum absolute atomic E-state index is 0.140. The average molecular weight is 462 g/mol. The maximum absolute atomic E-state index is 12.9. The Morgan fingerprint density at radius 2 is 1.48 bits per heavy atom. The van der Waals surface area contributed by atoms with Gasteiger partial charge in [-0.05, 0) is 18.3 Å². The Balaban J connectivity index is 5.54. The zero-order valence-electron chi connectivity index (χ0n) is 18.4. The second kappa shape index (κ2) is 13.9. The van der Waals surface area contributed by atoms with Gasteiger partial charge in [0.1, 0.15) is 18.1 Å². The number of hydrogen-bond donors (Lipinski definition) is 7. The molecule has 0 aliphatic heterocycles. The summed E-state index contributed by atoms with van der Waals surface area (Å²) in [6.07, 6.45) is 0.197. The molecule has 0 spiro atoms. The number of amides is 4. The van der Waals surface area contributed by atoms with E-state index in [4.69, 9.17) is 16.6 Å². The van der Waals surface area contributed by atoms with Crippen LogP contribution >= 0.6 is 12.6 Å². The topological polar surface area (TPSA) is 194 Å². The lowest BCUT2D eigenvalue weighted by molar-refractivity contribution is -0.141. The fraction of sp³-hybridized carbons (Fsp3) is 0.737. The smallest absolute Gasteiger partial charge is 0.327 e. The summed E-state index contributed by atoms with van der Waals surface area (Å²) >= 11 is 3.88. The predicted octanol–water partition coefficient (Wildman–Crippen LogP) is -1.25. The van der Waals surface area contributed by atoms with Crippen molar-refractivity contribution < 1.29 is 29.1 Å². The fourth-order valence-electron chi connectivity index (χ4n) is 2.53. The summed E-state index contributed by atoms with van der Waals surface area (Å²) in [7, 11) is 0. The Morgan fingerprint density at radius 3 is 1.90 bits per heavy atom. The zero-order chi connectivity index (χ0) is 24.3. The molecule has 0 aromatic carbocycles. The van der Waals surface area contributed by atoms with Crippen LogP contribution in [0.25, 0.3) is 0 Å². The van der Waals surface area contributed by atoms with Gasteiger partial charge < -0.3 is 32.5 Å². The highest BCUT2D eigenvalue weighted by atomic mass is 32.1. The molecule has 8 N–H and O–H groups in total. The molecule has 0 radical (unpaired) electrons. The van der Waals surface area contributed by atoms with Crippen LogP contribution in [0.1, 0.15) is 47.0 Å². The van der Waals surface area contributed by atoms with Crippen molar-refractivity contribution in [1.29, 1.82) is 0 Å². The summed E-state index contributed by atoms with van der Waals surface area (Å²) in [6, 6.07) is -4.31. The van der Waals surface area contributed by atoms with Gasteiger partial charge in [0.2, 0.25) is 23.6 Å². The van der Waals surface area contributed by atoms with Crippen molar-refractivity contribution in [1.82, 2.24) is 16.0 Å². The highest BCUT2D eigenvalue weighted by molar-refractivity contribution is 7.80. The minimum Gasteiger partial charge on any atom is -0.480 e. The Hall–Kier alpha value is -2.34. The number of nitrogens with one attached hydrogen (secondary N) is 3. The first-order chi connectivity index (χ1) is 14.3. The first kappa shape index (κ1) is 28.7. The van der Waals surface area contributed by atoms with E-state index in [1.807, 2.05) is 6.92 Å². The van der Waals surface area contributed by atoms with Crippen LogP contribution < -0.4 is 27.4 Å². The van der Waals surface area contributed by atoms with Crippen LogP contribution in [0.4, 0.5) is 0 Å². The van der Waals surface area contributed by atoms with Crippen molar-refractivity contribution in [2.24, 2.45) is 23.3 Å². The number of thiol groups is 1. The Bertz CT molecular complexity index is 660. The summed E-state index contributed by atoms with van der Waals surface area (Å²) in [4.78, 5) is 60.2. The van der Waals surface area contributed by atoms with E-state index in [1.165, 1.54) is 0 Å². The Labute approximate surface area is 187 Å². The standard InChI is InChI=1S/C19H35N5O6S/c1-5-10(4)15(24-17(27)14(21)9(2)3)18(28)22-11(6-7-13(20)25)16(26)23-12(8-31)19(29)30/h9-12,14-15,31H,5-8,21H2,1-4H3,(H2,20,25)(H,22,28)(H,23,26)(H,24,27)(H,29,30). The monoisotopic (exact) mass is 461 g/mol. The van der Waals surface area contributed by atoms with Gasteiger partial charge in [-0.15, -0.1) is 0 Å². The molecule has 0 bridgehead atoms. The van der Waals surface area contributed by atoms with Gasteiger partial charge in [-0.25, -0.2) is 4.79 Å². The Kier molecular flexibility index (Phi) is 12.8. The number of hydrogen-bond acceptors (Lipinski definition) is 7. The molecule has 5 atom stereocenters. The minimum atomic E-state index is -1.30. The third-order valence-corrected chi connectivity index (χ3v) is 5.29. The van der Waals surface area contributed by atoms with E-state index in [0.29, 0.717) is 6.42 Å². The number of primary amides is 1. The molecule has 0 saturated heterocycles. The van der Waals surface area contributed by atoms with Crippen molar-refractivity contribution in [3.8, 4) is 0 Å². The second-order valence-corrected chi connectivity index (χ2v) is 8.15. The van der Waals surface area contributed by atoms with Crippen LogP contribution in [0.15, 0.2) is 0 Å². The first-order valence-corrected chi connectivity index (χ1v) is 10.8. The molecule has 11 nitrogen and oxygen atoms in total. The molecular formula is C19H35N5O6S. The van der Waals surface area contributed by atoms with Gasteiger partial charge in [0.05, 0.1) is 6.04 Å². The van der Waals surface area contributed by atoms with Crippen LogP contribution in [-0.2, 0) is 24.0 Å². The number of aliphatic carboxylic acids is 1. The molecular weight excluding hydrogens is 426 g/mol. The second-order valence-electron chi connectivity index (χ2n) is 7.79. The molecule has 0 aromatic rings. The van der Waals surface area contributed by atoms with E-state index in [1.54, 1.807) is 20.8 Å². The summed E-state index contributed by atoms with van der Waals surface area (Å²) < 4.78 is 0. The van der Waals surface area contributed by atoms with Crippen LogP contribution in [0.5, 0.6) is 0 Å². The summed E-state index contributed by atoms with van der Waals surface area (Å²) in [5, 5.41) is 16.5. The normalized spacial score (nSPS) is 15.8. The van der Waals surface area contributed by atoms with Gasteiger partial charge in [0.15, 0.2) is 0 Å². The number of carboxylic acid groups (broad SMARTS) is 1. The number of carboxylic acids is 1. The molecule has 12 heteroatoms. The molecule has 0 rings (SSSR count). The van der Waals surface area contributed by atoms with Crippen LogP contribution in [0, 0.1) is 11.8 Å². The first-order valence-electron chi connectivity index (χ1n) is 10.1. The average Bonchev–Trinajstić information content (AvgIpc) is 2.70. The number of rotatable bonds is 14. The van der Waals surface area contributed by atoms with Gasteiger partial charge >= 0.3 is 5.97 Å². The lowest BCUT2D eigenvalue weighted by Crippen LogP contribution is -2.59. The fourth-order valence-corrected chi connectivity index (χ4v) is 2.78. The van der Waals surface area contributed by atoms with Crippen LogP contribution in [0.2, 0.25) is 0 Å². The summed E-state index contributed by atoms with van der Waals surface area (Å²) in [5.74, 6) is -4.55. The molecule has 0 aliphatic carbocycles. The molecule has 31 heavy (non-hydrogen) atoms. The molecule has 0 heterocycles. The van der Waals surface area contributed by atoms with Crippen molar-refractivity contribution in [3.05, 3.63) is 0 Å². The third-order valence-electron chi connectivity index (χ3n) is 4.92. The molecule has 0 fully saturated rings. The van der Waals surface area contributed by atoms with Gasteiger partial charge in [-0.1, -0.05) is 34.1 Å². The van der Waals surface area contributed by atoms with Gasteiger partial charge in [-0.3, -0.25) is 19.2 Å². The largest absolute Gasteiger partial charge is 0.480 e. The van der Waals surface area contributed by atoms with E-state index in [2.05, 4.69) is 28.6 Å². The van der Waals surface area contributed by atoms with Crippen molar-refractivity contribution >= 4 is 42.2 Å². The van der Waals surface area contributed by atoms with E-state index < -0.39 is 53.8 Å². The van der Waals surface area contributed by atoms with Crippen molar-refractivity contribution in [3.63, 3.8) is 0 Å². The summed E-state index contributed by atoms with van der Waals surface area (Å²) in [5.41, 5.74) is 11.0. The van der Waals surface area contributed by atoms with Gasteiger partial charge in [-0.2, -0.15) is 12.6 Å². The third kappa shape index (κ3) is 10.0. The number of carbonyl (C=O) groups excluding carboxylic acids is 4. The number of nitrogens with two attached hydrogens (primary N) is 2. The predicted molar refractivity (Wildman–Crippen MR) is 118 cm³/mol. The van der Waals surface area contributed by atoms with E-state index >= 15 is 0 Å². The van der Waals surface area contributed by atoms with Gasteiger partial charge in [0.25, 0.3) is 0 Å². The molecule has 178 valence electrons. The van der Waals surface area contributed by atoms with Crippen molar-refractivity contribution in [2.45, 2.75) is 71.1 Å². The quantitative estimate of drug-likeness (QED) is 0.157. The van der Waals surface area contributed by atoms with Crippen LogP contribution in [-0.4, -0.2) is 64.6 Å². The lowest BCUT2D eigenvalue weighted by Gasteiger charge is -2.28. The van der Waals surface area contributed by atoms with E-state index in [0.717, 1.165) is 0 Å². The molecule has 0 aromatic heterocycles. The molecule has 5 unspecified atom stereocenters. The molecule has 0 aliphatic rings. The van der Waals surface area contributed by atoms with Crippen molar-refractivity contribution in [2.75, 3.05) is 5.75 Å². The summed E-state index contributed by atoms with van der Waals surface area (Å²) in [6.45, 7) is 7.13.